The molecule has 1 aliphatic heterocycles. The second-order valence-corrected chi connectivity index (χ2v) is 8.32. The van der Waals surface area contributed by atoms with Crippen LogP contribution in [0.4, 0.5) is 5.82 Å². The van der Waals surface area contributed by atoms with E-state index in [1.54, 1.807) is 12.4 Å². The summed E-state index contributed by atoms with van der Waals surface area (Å²) >= 11 is 0. The highest BCUT2D eigenvalue weighted by Gasteiger charge is 2.35. The zero-order chi connectivity index (χ0) is 20.1. The van der Waals surface area contributed by atoms with E-state index in [1.165, 1.54) is 18.2 Å². The lowest BCUT2D eigenvalue weighted by molar-refractivity contribution is -0.124. The van der Waals surface area contributed by atoms with Gasteiger partial charge in [-0.05, 0) is 29.4 Å². The Morgan fingerprint density at radius 2 is 1.89 bits per heavy atom. The van der Waals surface area contributed by atoms with Gasteiger partial charge in [0.05, 0.1) is 11.7 Å². The van der Waals surface area contributed by atoms with E-state index in [9.17, 15) is 4.79 Å². The van der Waals surface area contributed by atoms with Gasteiger partial charge in [-0.3, -0.25) is 9.78 Å². The van der Waals surface area contributed by atoms with E-state index in [1.807, 2.05) is 0 Å². The van der Waals surface area contributed by atoms with Gasteiger partial charge in [-0.25, -0.2) is 4.98 Å². The van der Waals surface area contributed by atoms with Crippen molar-refractivity contribution in [2.24, 2.45) is 0 Å². The Hall–Kier alpha value is -2.47. The van der Waals surface area contributed by atoms with E-state index in [4.69, 9.17) is 4.74 Å². The number of ether oxygens (including phenoxy) is 1. The maximum Gasteiger partial charge on any atom is 0.245 e. The van der Waals surface area contributed by atoms with Crippen molar-refractivity contribution in [3.8, 4) is 0 Å². The fourth-order valence-electron chi connectivity index (χ4n) is 3.68. The van der Waals surface area contributed by atoms with E-state index in [-0.39, 0.29) is 29.9 Å². The van der Waals surface area contributed by atoms with Gasteiger partial charge >= 0.3 is 0 Å². The summed E-state index contributed by atoms with van der Waals surface area (Å²) in [4.78, 5) is 20.6. The van der Waals surface area contributed by atoms with Crippen LogP contribution in [-0.4, -0.2) is 36.1 Å². The molecule has 1 aliphatic rings. The molecule has 2 N–H and O–H groups in total. The Kier molecular flexibility index (Phi) is 6.29. The fourth-order valence-corrected chi connectivity index (χ4v) is 3.68. The summed E-state index contributed by atoms with van der Waals surface area (Å²) in [6, 6.07) is 8.97. The first-order valence-corrected chi connectivity index (χ1v) is 9.83. The average Bonchev–Trinajstić information content (AvgIpc) is 3.03. The third kappa shape index (κ3) is 4.68. The number of rotatable bonds is 7. The molecule has 1 aromatic heterocycles. The molecule has 0 spiro atoms. The summed E-state index contributed by atoms with van der Waals surface area (Å²) < 4.78 is 4.85. The third-order valence-electron chi connectivity index (χ3n) is 5.20. The van der Waals surface area contributed by atoms with E-state index in [0.29, 0.717) is 6.54 Å². The molecule has 150 valence electrons. The van der Waals surface area contributed by atoms with Gasteiger partial charge in [0.15, 0.2) is 0 Å². The fraction of sp³-hybridized carbons (Fsp3) is 0.500. The average molecular weight is 383 g/mol. The summed E-state index contributed by atoms with van der Waals surface area (Å²) in [5, 5.41) is 6.44. The summed E-state index contributed by atoms with van der Waals surface area (Å²) in [5.74, 6) is 1.01. The lowest BCUT2D eigenvalue weighted by Crippen LogP contribution is -2.28. The van der Waals surface area contributed by atoms with Crippen LogP contribution in [-0.2, 0) is 14.9 Å². The van der Waals surface area contributed by atoms with Crippen LogP contribution in [0.5, 0.6) is 0 Å². The molecule has 2 aromatic rings. The molecule has 1 amide bonds. The summed E-state index contributed by atoms with van der Waals surface area (Å²) in [6.45, 7) is 7.40. The molecule has 3 rings (SSSR count). The number of carbonyl (C=O) groups is 1. The second kappa shape index (κ2) is 8.69. The van der Waals surface area contributed by atoms with Crippen molar-refractivity contribution >= 4 is 11.7 Å². The predicted molar refractivity (Wildman–Crippen MR) is 110 cm³/mol. The van der Waals surface area contributed by atoms with Crippen LogP contribution in [0.15, 0.2) is 36.7 Å². The maximum atomic E-state index is 11.6. The van der Waals surface area contributed by atoms with Crippen LogP contribution in [0.1, 0.15) is 62.4 Å². The van der Waals surface area contributed by atoms with Crippen molar-refractivity contribution in [2.75, 3.05) is 25.6 Å². The predicted octanol–water partition coefficient (Wildman–Crippen LogP) is 3.57. The van der Waals surface area contributed by atoms with Gasteiger partial charge in [-0.2, -0.15) is 0 Å². The van der Waals surface area contributed by atoms with Crippen molar-refractivity contribution in [1.29, 1.82) is 0 Å². The third-order valence-corrected chi connectivity index (χ3v) is 5.20. The molecule has 1 aromatic carbocycles. The molecule has 2 unspecified atom stereocenters. The van der Waals surface area contributed by atoms with Gasteiger partial charge in [0.2, 0.25) is 5.91 Å². The second-order valence-electron chi connectivity index (χ2n) is 8.32. The lowest BCUT2D eigenvalue weighted by atomic mass is 9.84. The molecular weight excluding hydrogens is 352 g/mol. The van der Waals surface area contributed by atoms with E-state index in [2.05, 4.69) is 65.6 Å². The topological polar surface area (TPSA) is 76.1 Å². The Bertz CT molecular complexity index is 799. The number of nitrogens with zero attached hydrogens (tertiary/aromatic N) is 2. The molecule has 0 radical (unpaired) electrons. The highest BCUT2D eigenvalue weighted by atomic mass is 16.5. The number of anilines is 1. The van der Waals surface area contributed by atoms with Crippen LogP contribution >= 0.6 is 0 Å². The van der Waals surface area contributed by atoms with Crippen molar-refractivity contribution in [3.63, 3.8) is 0 Å². The quantitative estimate of drug-likeness (QED) is 0.716. The highest BCUT2D eigenvalue weighted by Crippen LogP contribution is 2.44. The van der Waals surface area contributed by atoms with Crippen LogP contribution in [0.25, 0.3) is 0 Å². The monoisotopic (exact) mass is 382 g/mol. The number of carbonyl (C=O) groups excluding carboxylic acids is 1. The number of hydrogen-bond acceptors (Lipinski definition) is 5. The van der Waals surface area contributed by atoms with E-state index < -0.39 is 0 Å². The first-order valence-electron chi connectivity index (χ1n) is 9.83. The number of aromatic nitrogens is 2. The van der Waals surface area contributed by atoms with E-state index >= 15 is 0 Å². The highest BCUT2D eigenvalue weighted by molar-refractivity contribution is 5.77. The summed E-state index contributed by atoms with van der Waals surface area (Å²) in [7, 11) is 1.52. The molecule has 28 heavy (non-hydrogen) atoms. The number of nitrogens with one attached hydrogen (secondary N) is 2. The SMILES string of the molecule is COCC(=O)NCCCC1c2nccnc2NC1c1ccc(C(C)(C)C)cc1. The maximum absolute atomic E-state index is 11.6. The van der Waals surface area contributed by atoms with Crippen molar-refractivity contribution < 1.29 is 9.53 Å². The minimum atomic E-state index is -0.0819. The Labute approximate surface area is 167 Å². The molecule has 0 fully saturated rings. The molecule has 0 saturated heterocycles. The first kappa shape index (κ1) is 20.3. The standard InChI is InChI=1S/C22H30N4O2/c1-22(2,3)16-9-7-15(8-10-16)19-17(6-5-11-23-18(27)14-28-4)20-21(26-19)25-13-12-24-20/h7-10,12-13,17,19H,5-6,11,14H2,1-4H3,(H,23,27)(H,25,26). The molecule has 6 heteroatoms. The normalized spacial score (nSPS) is 18.4. The Morgan fingerprint density at radius 3 is 2.57 bits per heavy atom. The summed E-state index contributed by atoms with van der Waals surface area (Å²) in [5.41, 5.74) is 3.70. The number of amides is 1. The number of benzene rings is 1. The van der Waals surface area contributed by atoms with Gasteiger partial charge in [-0.1, -0.05) is 45.0 Å². The van der Waals surface area contributed by atoms with Crippen LogP contribution < -0.4 is 10.6 Å². The van der Waals surface area contributed by atoms with Gasteiger partial charge in [0.25, 0.3) is 0 Å². The molecular formula is C22H30N4O2. The van der Waals surface area contributed by atoms with Crippen LogP contribution in [0, 0.1) is 0 Å². The van der Waals surface area contributed by atoms with Crippen molar-refractivity contribution in [1.82, 2.24) is 15.3 Å². The Morgan fingerprint density at radius 1 is 1.18 bits per heavy atom. The smallest absolute Gasteiger partial charge is 0.245 e. The molecule has 0 aliphatic carbocycles. The van der Waals surface area contributed by atoms with E-state index in [0.717, 1.165) is 24.4 Å². The zero-order valence-electron chi connectivity index (χ0n) is 17.2. The van der Waals surface area contributed by atoms with Gasteiger partial charge in [0, 0.05) is 32.0 Å². The van der Waals surface area contributed by atoms with Crippen LogP contribution in [0.2, 0.25) is 0 Å². The molecule has 2 atom stereocenters. The van der Waals surface area contributed by atoms with Gasteiger partial charge in [0.1, 0.15) is 12.4 Å². The van der Waals surface area contributed by atoms with Crippen LogP contribution in [0.3, 0.4) is 0 Å². The van der Waals surface area contributed by atoms with Gasteiger partial charge < -0.3 is 15.4 Å². The van der Waals surface area contributed by atoms with Gasteiger partial charge in [-0.15, -0.1) is 0 Å². The minimum absolute atomic E-state index is 0.0819. The largest absolute Gasteiger partial charge is 0.375 e. The minimum Gasteiger partial charge on any atom is -0.375 e. The lowest BCUT2D eigenvalue weighted by Gasteiger charge is -2.23. The number of hydrogen-bond donors (Lipinski definition) is 2. The summed E-state index contributed by atoms with van der Waals surface area (Å²) in [6.07, 6.45) is 5.25. The molecule has 0 bridgehead atoms. The molecule has 2 heterocycles. The van der Waals surface area contributed by atoms with Crippen molar-refractivity contribution in [3.05, 3.63) is 53.5 Å². The Balaban J connectivity index is 1.72. The number of methoxy groups -OCH3 is 1. The first-order chi connectivity index (χ1) is 13.4. The zero-order valence-corrected chi connectivity index (χ0v) is 17.2. The number of fused-ring (bicyclic) bond motifs is 1. The molecule has 6 nitrogen and oxygen atoms in total. The van der Waals surface area contributed by atoms with Crippen molar-refractivity contribution in [2.45, 2.75) is 51.0 Å². The molecule has 0 saturated carbocycles.